The molecule has 1 aliphatic rings. The molecule has 0 spiro atoms. The van der Waals surface area contributed by atoms with Crippen molar-refractivity contribution in [2.75, 3.05) is 31.0 Å². The highest BCUT2D eigenvalue weighted by molar-refractivity contribution is 7.90. The number of anilines is 1. The Labute approximate surface area is 193 Å². The highest BCUT2D eigenvalue weighted by Gasteiger charge is 2.43. The number of nitrogens with zero attached hydrogens (tertiary/aromatic N) is 1. The maximum Gasteiger partial charge on any atom is 0.264 e. The third-order valence-electron chi connectivity index (χ3n) is 4.76. The lowest BCUT2D eigenvalue weighted by atomic mass is 10.1. The van der Waals surface area contributed by atoms with Crippen LogP contribution in [0.15, 0.2) is 36.4 Å². The smallest absolute Gasteiger partial charge is 0.264 e. The molecule has 0 aliphatic carbocycles. The van der Waals surface area contributed by atoms with Crippen LogP contribution in [0.1, 0.15) is 53.0 Å². The van der Waals surface area contributed by atoms with Gasteiger partial charge in [-0.15, -0.1) is 0 Å². The number of ether oxygens (including phenoxy) is 2. The SMILES string of the molecule is [2H]C([2H])([2H])C([2H])([2H])Oc1cc(C(CS(C)(=O)=O)N2C(=O)c3cccc(NC(C)=O)c3C2=O)ccc1OC. The lowest BCUT2D eigenvalue weighted by Gasteiger charge is -2.27. The number of benzene rings is 2. The Morgan fingerprint density at radius 2 is 1.97 bits per heavy atom. The van der Waals surface area contributed by atoms with Gasteiger partial charge in [0.05, 0.1) is 45.0 Å². The number of fused-ring (bicyclic) bond motifs is 1. The van der Waals surface area contributed by atoms with Crippen molar-refractivity contribution in [2.45, 2.75) is 19.8 Å². The van der Waals surface area contributed by atoms with Gasteiger partial charge < -0.3 is 14.8 Å². The summed E-state index contributed by atoms with van der Waals surface area (Å²) < 4.78 is 72.6. The van der Waals surface area contributed by atoms with Crippen LogP contribution in [0.2, 0.25) is 0 Å². The van der Waals surface area contributed by atoms with Crippen molar-refractivity contribution in [1.29, 1.82) is 0 Å². The number of carbonyl (C=O) groups is 3. The minimum atomic E-state index is -3.81. The van der Waals surface area contributed by atoms with Gasteiger partial charge in [0, 0.05) is 17.3 Å². The molecular formula is C22H24N2O7S. The van der Waals surface area contributed by atoms with Crippen LogP contribution >= 0.6 is 0 Å². The number of rotatable bonds is 8. The topological polar surface area (TPSA) is 119 Å². The largest absolute Gasteiger partial charge is 0.493 e. The van der Waals surface area contributed by atoms with E-state index in [1.165, 1.54) is 44.4 Å². The fraction of sp³-hybridized carbons (Fsp3) is 0.318. The second-order valence-corrected chi connectivity index (χ2v) is 9.30. The van der Waals surface area contributed by atoms with Crippen LogP contribution < -0.4 is 14.8 Å². The third kappa shape index (κ3) is 4.59. The minimum absolute atomic E-state index is 0.0400. The van der Waals surface area contributed by atoms with Gasteiger partial charge in [-0.1, -0.05) is 12.1 Å². The predicted molar refractivity (Wildman–Crippen MR) is 118 cm³/mol. The Bertz CT molecular complexity index is 1380. The Morgan fingerprint density at radius 3 is 2.59 bits per heavy atom. The first-order chi connectivity index (χ1) is 17.0. The van der Waals surface area contributed by atoms with E-state index in [2.05, 4.69) is 5.32 Å². The summed E-state index contributed by atoms with van der Waals surface area (Å²) in [6.45, 7) is -5.10. The fourth-order valence-electron chi connectivity index (χ4n) is 3.52. The van der Waals surface area contributed by atoms with Crippen LogP contribution in [0, 0.1) is 0 Å². The van der Waals surface area contributed by atoms with Crippen LogP contribution in [-0.4, -0.2) is 56.7 Å². The van der Waals surface area contributed by atoms with Crippen molar-refractivity contribution < 1.29 is 39.1 Å². The molecule has 0 saturated heterocycles. The Morgan fingerprint density at radius 1 is 1.22 bits per heavy atom. The second kappa shape index (κ2) is 8.99. The average Bonchev–Trinajstić information content (AvgIpc) is 3.01. The number of hydrogen-bond acceptors (Lipinski definition) is 7. The number of nitrogens with one attached hydrogen (secondary N) is 1. The number of amides is 3. The third-order valence-corrected chi connectivity index (χ3v) is 5.68. The summed E-state index contributed by atoms with van der Waals surface area (Å²) in [7, 11) is -2.58. The van der Waals surface area contributed by atoms with Crippen molar-refractivity contribution >= 4 is 33.2 Å². The molecule has 0 fully saturated rings. The second-order valence-electron chi connectivity index (χ2n) is 7.11. The quantitative estimate of drug-likeness (QED) is 0.595. The van der Waals surface area contributed by atoms with E-state index in [0.717, 1.165) is 17.2 Å². The molecule has 32 heavy (non-hydrogen) atoms. The summed E-state index contributed by atoms with van der Waals surface area (Å²) in [5, 5.41) is 2.48. The van der Waals surface area contributed by atoms with Gasteiger partial charge >= 0.3 is 0 Å². The number of sulfone groups is 1. The monoisotopic (exact) mass is 465 g/mol. The average molecular weight is 466 g/mol. The number of carbonyl (C=O) groups excluding carboxylic acids is 3. The molecule has 170 valence electrons. The van der Waals surface area contributed by atoms with Crippen molar-refractivity contribution in [3.63, 3.8) is 0 Å². The molecule has 10 heteroatoms. The number of imide groups is 1. The number of methoxy groups -OCH3 is 1. The normalized spacial score (nSPS) is 17.3. The van der Waals surface area contributed by atoms with Crippen LogP contribution in [0.5, 0.6) is 11.5 Å². The maximum absolute atomic E-state index is 13.4. The Balaban J connectivity index is 2.15. The van der Waals surface area contributed by atoms with E-state index in [9.17, 15) is 22.8 Å². The fourth-order valence-corrected chi connectivity index (χ4v) is 4.44. The van der Waals surface area contributed by atoms with E-state index in [1.807, 2.05) is 0 Å². The summed E-state index contributed by atoms with van der Waals surface area (Å²) in [5.74, 6) is -3.29. The van der Waals surface area contributed by atoms with Crippen LogP contribution in [0.25, 0.3) is 0 Å². The van der Waals surface area contributed by atoms with E-state index in [-0.39, 0.29) is 33.9 Å². The van der Waals surface area contributed by atoms with Gasteiger partial charge in [0.1, 0.15) is 9.84 Å². The molecule has 1 unspecified atom stereocenters. The zero-order valence-corrected chi connectivity index (χ0v) is 18.3. The van der Waals surface area contributed by atoms with E-state index in [1.54, 1.807) is 0 Å². The number of hydrogen-bond donors (Lipinski definition) is 1. The molecule has 0 radical (unpaired) electrons. The van der Waals surface area contributed by atoms with Gasteiger partial charge in [-0.25, -0.2) is 8.42 Å². The molecule has 0 bridgehead atoms. The summed E-state index contributed by atoms with van der Waals surface area (Å²) in [4.78, 5) is 39.1. The highest BCUT2D eigenvalue weighted by atomic mass is 32.2. The van der Waals surface area contributed by atoms with E-state index >= 15 is 0 Å². The first-order valence-electron chi connectivity index (χ1n) is 11.8. The van der Waals surface area contributed by atoms with Crippen molar-refractivity contribution in [2.24, 2.45) is 0 Å². The van der Waals surface area contributed by atoms with Gasteiger partial charge in [-0.2, -0.15) is 0 Å². The van der Waals surface area contributed by atoms with Crippen molar-refractivity contribution in [3.05, 3.63) is 53.1 Å². The van der Waals surface area contributed by atoms with Gasteiger partial charge in [0.15, 0.2) is 11.5 Å². The zero-order chi connectivity index (χ0) is 27.9. The Hall–Kier alpha value is -3.40. The molecule has 1 aliphatic heterocycles. The molecule has 9 nitrogen and oxygen atoms in total. The molecule has 0 saturated carbocycles. The lowest BCUT2D eigenvalue weighted by Crippen LogP contribution is -2.37. The molecule has 1 heterocycles. The van der Waals surface area contributed by atoms with Gasteiger partial charge in [0.25, 0.3) is 11.8 Å². The molecule has 0 aromatic heterocycles. The molecule has 2 aromatic rings. The minimum Gasteiger partial charge on any atom is -0.493 e. The lowest BCUT2D eigenvalue weighted by molar-refractivity contribution is -0.114. The summed E-state index contributed by atoms with van der Waals surface area (Å²) >= 11 is 0. The highest BCUT2D eigenvalue weighted by Crippen LogP contribution is 2.38. The van der Waals surface area contributed by atoms with Crippen LogP contribution in [0.3, 0.4) is 0 Å². The first-order valence-corrected chi connectivity index (χ1v) is 11.4. The maximum atomic E-state index is 13.4. The van der Waals surface area contributed by atoms with Crippen molar-refractivity contribution in [1.82, 2.24) is 4.90 Å². The van der Waals surface area contributed by atoms with E-state index in [0.29, 0.717) is 0 Å². The Kier molecular flexibility index (Phi) is 4.83. The van der Waals surface area contributed by atoms with Gasteiger partial charge in [0.2, 0.25) is 5.91 Å². The molecule has 3 rings (SSSR count). The molecular weight excluding hydrogens is 436 g/mol. The molecule has 1 atom stereocenters. The van der Waals surface area contributed by atoms with Gasteiger partial charge in [-0.3, -0.25) is 19.3 Å². The van der Waals surface area contributed by atoms with E-state index in [4.69, 9.17) is 16.3 Å². The van der Waals surface area contributed by atoms with Crippen LogP contribution in [0.4, 0.5) is 5.69 Å². The molecule has 3 amide bonds. The zero-order valence-electron chi connectivity index (χ0n) is 22.5. The predicted octanol–water partition coefficient (Wildman–Crippen LogP) is 2.43. The summed E-state index contributed by atoms with van der Waals surface area (Å²) in [5.41, 5.74) is -0.0323. The summed E-state index contributed by atoms with van der Waals surface area (Å²) in [6.07, 6.45) is 0.912. The van der Waals surface area contributed by atoms with Gasteiger partial charge in [-0.05, 0) is 36.7 Å². The molecule has 2 aromatic carbocycles. The standard InChI is InChI=1S/C22H24N2O7S/c1-5-31-19-11-14(9-10-18(19)30-3)17(12-32(4,28)29)24-21(26)15-7-6-8-16(23-13(2)25)20(15)22(24)27/h6-11,17H,5,12H2,1-4H3,(H,23,25)/i1D3,5D2. The van der Waals surface area contributed by atoms with Crippen LogP contribution in [-0.2, 0) is 14.6 Å². The first kappa shape index (κ1) is 17.2. The van der Waals surface area contributed by atoms with E-state index < -0.39 is 52.8 Å². The molecule has 1 N–H and O–H groups in total. The summed E-state index contributed by atoms with van der Waals surface area (Å²) in [6, 6.07) is 6.60. The van der Waals surface area contributed by atoms with Crippen molar-refractivity contribution in [3.8, 4) is 11.5 Å².